The SMILES string of the molecule is O=c1cccc2c1c1c3cncc3c3c4ccccc4n4ccccn2c1c34. The van der Waals surface area contributed by atoms with Gasteiger partial charge in [-0.1, -0.05) is 24.3 Å². The molecule has 3 aromatic carbocycles. The van der Waals surface area contributed by atoms with Gasteiger partial charge in [0.2, 0.25) is 0 Å². The summed E-state index contributed by atoms with van der Waals surface area (Å²) < 4.78 is 4.39. The minimum absolute atomic E-state index is 0.0476. The minimum Gasteiger partial charge on any atom is -0.314 e. The second-order valence-electron chi connectivity index (χ2n) is 7.27. The molecule has 4 aromatic heterocycles. The number of fused-ring (bicyclic) bond motifs is 9. The van der Waals surface area contributed by atoms with Crippen LogP contribution in [0.4, 0.5) is 0 Å². The first-order valence-corrected chi connectivity index (χ1v) is 9.28. The zero-order chi connectivity index (χ0) is 18.4. The lowest BCUT2D eigenvalue weighted by molar-refractivity contribution is 1.22. The first-order valence-electron chi connectivity index (χ1n) is 9.28. The van der Waals surface area contributed by atoms with Crippen LogP contribution < -0.4 is 5.43 Å². The monoisotopic (exact) mass is 359 g/mol. The molecular formula is C24H13N3O. The van der Waals surface area contributed by atoms with Crippen LogP contribution in [0.15, 0.2) is 84.2 Å². The molecule has 0 amide bonds. The summed E-state index contributed by atoms with van der Waals surface area (Å²) in [6, 6.07) is 18.0. The van der Waals surface area contributed by atoms with E-state index in [0.29, 0.717) is 0 Å². The van der Waals surface area contributed by atoms with E-state index < -0.39 is 0 Å². The molecule has 0 spiro atoms. The highest BCUT2D eigenvalue weighted by molar-refractivity contribution is 6.35. The maximum atomic E-state index is 12.9. The molecule has 0 radical (unpaired) electrons. The van der Waals surface area contributed by atoms with Gasteiger partial charge in [0.05, 0.1) is 27.5 Å². The van der Waals surface area contributed by atoms with E-state index in [-0.39, 0.29) is 5.43 Å². The lowest BCUT2D eigenvalue weighted by Gasteiger charge is -2.03. The molecule has 0 N–H and O–H groups in total. The van der Waals surface area contributed by atoms with Gasteiger partial charge in [0.25, 0.3) is 0 Å². The number of nitrogens with zero attached hydrogens (tertiary/aromatic N) is 3. The summed E-state index contributed by atoms with van der Waals surface area (Å²) in [4.78, 5) is 17.4. The van der Waals surface area contributed by atoms with Crippen LogP contribution in [0.2, 0.25) is 0 Å². The van der Waals surface area contributed by atoms with Crippen LogP contribution in [0.3, 0.4) is 0 Å². The molecule has 4 nitrogen and oxygen atoms in total. The molecule has 0 aliphatic heterocycles. The number of aromatic nitrogens is 3. The van der Waals surface area contributed by atoms with Gasteiger partial charge in [0.15, 0.2) is 5.43 Å². The summed E-state index contributed by atoms with van der Waals surface area (Å²) in [5.74, 6) is 0. The summed E-state index contributed by atoms with van der Waals surface area (Å²) in [6.45, 7) is 0. The van der Waals surface area contributed by atoms with Crippen molar-refractivity contribution in [3.05, 3.63) is 89.6 Å². The van der Waals surface area contributed by atoms with E-state index in [1.165, 1.54) is 10.8 Å². The van der Waals surface area contributed by atoms with Gasteiger partial charge in [0, 0.05) is 51.7 Å². The minimum atomic E-state index is 0.0476. The highest BCUT2D eigenvalue weighted by atomic mass is 16.1. The first kappa shape index (κ1) is 14.2. The molecule has 0 bridgehead atoms. The van der Waals surface area contributed by atoms with E-state index >= 15 is 0 Å². The topological polar surface area (TPSA) is 38.8 Å². The second-order valence-corrected chi connectivity index (χ2v) is 7.27. The summed E-state index contributed by atoms with van der Waals surface area (Å²) >= 11 is 0. The lowest BCUT2D eigenvalue weighted by Crippen LogP contribution is -1.96. The molecule has 7 aromatic rings. The maximum Gasteiger partial charge on any atom is 0.188 e. The normalized spacial score (nSPS) is 12.4. The van der Waals surface area contributed by atoms with Gasteiger partial charge in [-0.15, -0.1) is 0 Å². The summed E-state index contributed by atoms with van der Waals surface area (Å²) in [5.41, 5.74) is 4.31. The molecule has 130 valence electrons. The van der Waals surface area contributed by atoms with Gasteiger partial charge in [0.1, 0.15) is 0 Å². The summed E-state index contributed by atoms with van der Waals surface area (Å²) in [5, 5.41) is 6.27. The van der Waals surface area contributed by atoms with Crippen LogP contribution in [-0.2, 0) is 0 Å². The van der Waals surface area contributed by atoms with Crippen molar-refractivity contribution in [3.8, 4) is 0 Å². The molecule has 0 aliphatic carbocycles. The van der Waals surface area contributed by atoms with E-state index in [1.54, 1.807) is 6.07 Å². The standard InChI is InChI=1S/C24H13N3O/c28-19-9-5-8-18-22(19)21-16-13-25-12-15(16)20-14-6-1-2-7-17(14)26-10-3-4-11-27(18)24(21)23(20)26/h1-13H. The molecule has 4 heterocycles. The van der Waals surface area contributed by atoms with Crippen molar-refractivity contribution >= 4 is 54.4 Å². The van der Waals surface area contributed by atoms with Crippen molar-refractivity contribution in [1.29, 1.82) is 0 Å². The molecule has 0 unspecified atom stereocenters. The summed E-state index contributed by atoms with van der Waals surface area (Å²) in [7, 11) is 0. The molecule has 0 fully saturated rings. The van der Waals surface area contributed by atoms with Crippen LogP contribution in [0, 0.1) is 0 Å². The van der Waals surface area contributed by atoms with Crippen molar-refractivity contribution < 1.29 is 0 Å². The Labute approximate surface area is 158 Å². The molecular weight excluding hydrogens is 346 g/mol. The molecule has 7 rings (SSSR count). The van der Waals surface area contributed by atoms with Gasteiger partial charge in [-0.3, -0.25) is 9.78 Å². The van der Waals surface area contributed by atoms with Gasteiger partial charge in [-0.25, -0.2) is 0 Å². The predicted molar refractivity (Wildman–Crippen MR) is 114 cm³/mol. The van der Waals surface area contributed by atoms with Crippen molar-refractivity contribution in [3.63, 3.8) is 0 Å². The Morgan fingerprint density at radius 3 is 2.14 bits per heavy atom. The molecule has 0 atom stereocenters. The summed E-state index contributed by atoms with van der Waals surface area (Å²) in [6.07, 6.45) is 7.96. The Morgan fingerprint density at radius 1 is 0.607 bits per heavy atom. The van der Waals surface area contributed by atoms with Crippen molar-refractivity contribution in [2.24, 2.45) is 0 Å². The number of hydrogen-bond acceptors (Lipinski definition) is 2. The fourth-order valence-corrected chi connectivity index (χ4v) is 4.90. The van der Waals surface area contributed by atoms with Crippen LogP contribution in [-0.4, -0.2) is 13.8 Å². The fourth-order valence-electron chi connectivity index (χ4n) is 4.90. The zero-order valence-corrected chi connectivity index (χ0v) is 14.8. The van der Waals surface area contributed by atoms with E-state index in [4.69, 9.17) is 0 Å². The first-order chi connectivity index (χ1) is 13.8. The average molecular weight is 359 g/mol. The van der Waals surface area contributed by atoms with Crippen LogP contribution in [0.5, 0.6) is 0 Å². The zero-order valence-electron chi connectivity index (χ0n) is 14.8. The number of para-hydroxylation sites is 1. The maximum absolute atomic E-state index is 12.9. The van der Waals surface area contributed by atoms with E-state index in [0.717, 1.165) is 43.6 Å². The van der Waals surface area contributed by atoms with Crippen LogP contribution in [0.25, 0.3) is 54.4 Å². The fraction of sp³-hybridized carbons (Fsp3) is 0. The third kappa shape index (κ3) is 1.46. The van der Waals surface area contributed by atoms with Crippen LogP contribution in [0.1, 0.15) is 0 Å². The van der Waals surface area contributed by atoms with Gasteiger partial charge < -0.3 is 8.80 Å². The number of hydrogen-bond donors (Lipinski definition) is 0. The van der Waals surface area contributed by atoms with Gasteiger partial charge in [-0.2, -0.15) is 0 Å². The van der Waals surface area contributed by atoms with Crippen LogP contribution >= 0.6 is 0 Å². The quantitative estimate of drug-likeness (QED) is 0.382. The molecule has 28 heavy (non-hydrogen) atoms. The molecule has 0 saturated heterocycles. The highest BCUT2D eigenvalue weighted by Gasteiger charge is 2.22. The number of benzene rings is 3. The Hall–Kier alpha value is -3.92. The van der Waals surface area contributed by atoms with E-state index in [9.17, 15) is 4.79 Å². The van der Waals surface area contributed by atoms with Crippen molar-refractivity contribution in [2.75, 3.05) is 0 Å². The van der Waals surface area contributed by atoms with Gasteiger partial charge >= 0.3 is 0 Å². The Morgan fingerprint density at radius 2 is 1.29 bits per heavy atom. The Kier molecular flexibility index (Phi) is 2.37. The van der Waals surface area contributed by atoms with Gasteiger partial charge in [-0.05, 0) is 30.3 Å². The Bertz CT molecular complexity index is 1790. The average Bonchev–Trinajstić information content (AvgIpc) is 3.36. The second kappa shape index (κ2) is 4.67. The smallest absolute Gasteiger partial charge is 0.188 e. The van der Waals surface area contributed by atoms with E-state index in [2.05, 4.69) is 44.2 Å². The molecule has 4 heteroatoms. The molecule has 0 saturated carbocycles. The van der Waals surface area contributed by atoms with Crippen molar-refractivity contribution in [1.82, 2.24) is 13.8 Å². The largest absolute Gasteiger partial charge is 0.314 e. The third-order valence-electron chi connectivity index (χ3n) is 5.94. The third-order valence-corrected chi connectivity index (χ3v) is 5.94. The predicted octanol–water partition coefficient (Wildman–Crippen LogP) is 5.00. The number of rotatable bonds is 0. The Balaban J connectivity index is 2.07. The lowest BCUT2D eigenvalue weighted by atomic mass is 10.0. The van der Waals surface area contributed by atoms with E-state index in [1.807, 2.05) is 42.9 Å². The molecule has 0 aliphatic rings. The van der Waals surface area contributed by atoms with Crippen molar-refractivity contribution in [2.45, 2.75) is 0 Å². The highest BCUT2D eigenvalue weighted by Crippen LogP contribution is 2.42.